The average Bonchev–Trinajstić information content (AvgIpc) is 3.62. The van der Waals surface area contributed by atoms with Gasteiger partial charge in [-0.25, -0.2) is 4.99 Å². The van der Waals surface area contributed by atoms with Gasteiger partial charge in [0, 0.05) is 68.1 Å². The quantitative estimate of drug-likeness (QED) is 0.148. The van der Waals surface area contributed by atoms with Gasteiger partial charge < -0.3 is 14.5 Å². The maximum absolute atomic E-state index is 5.36. The molecule has 3 aromatic heterocycles. The van der Waals surface area contributed by atoms with Crippen LogP contribution in [0.25, 0.3) is 49.3 Å². The van der Waals surface area contributed by atoms with Gasteiger partial charge in [-0.1, -0.05) is 84.9 Å². The van der Waals surface area contributed by atoms with E-state index in [4.69, 9.17) is 4.99 Å². The Morgan fingerprint density at radius 2 is 1.16 bits per heavy atom. The van der Waals surface area contributed by atoms with Crippen LogP contribution in [0.3, 0.4) is 0 Å². The molecule has 0 saturated carbocycles. The van der Waals surface area contributed by atoms with Crippen molar-refractivity contribution in [1.82, 2.24) is 22.5 Å². The molecular weight excluding hydrogens is 667 g/mol. The molecule has 8 aromatic rings. The molecule has 6 nitrogen and oxygen atoms in total. The SMILES string of the molecule is IN1C(c2ccccc2)NC(c2ccncc2)=NC1n1c2ccccc2c2cc(-n3c4ccccc4c4ccccc43)ccc21. The Morgan fingerprint density at radius 1 is 0.578 bits per heavy atom. The zero-order valence-corrected chi connectivity index (χ0v) is 26.3. The number of amidine groups is 1. The summed E-state index contributed by atoms with van der Waals surface area (Å²) in [6.07, 6.45) is 3.24. The first-order valence-electron chi connectivity index (χ1n) is 15.0. The van der Waals surface area contributed by atoms with Gasteiger partial charge >= 0.3 is 0 Å². The first-order valence-corrected chi connectivity index (χ1v) is 16.0. The number of para-hydroxylation sites is 3. The average molecular weight is 695 g/mol. The summed E-state index contributed by atoms with van der Waals surface area (Å²) < 4.78 is 7.05. The number of nitrogens with one attached hydrogen (secondary N) is 1. The summed E-state index contributed by atoms with van der Waals surface area (Å²) >= 11 is 2.44. The lowest BCUT2D eigenvalue weighted by Crippen LogP contribution is -2.44. The predicted molar refractivity (Wildman–Crippen MR) is 192 cm³/mol. The molecular formula is C38H27IN6. The number of rotatable bonds is 4. The third-order valence-corrected chi connectivity index (χ3v) is 9.87. The van der Waals surface area contributed by atoms with Crippen LogP contribution < -0.4 is 5.32 Å². The van der Waals surface area contributed by atoms with Crippen LogP contribution in [0.5, 0.6) is 0 Å². The van der Waals surface area contributed by atoms with E-state index in [0.717, 1.165) is 28.1 Å². The summed E-state index contributed by atoms with van der Waals surface area (Å²) in [5.41, 5.74) is 8.01. The molecule has 0 spiro atoms. The molecule has 1 N–H and O–H groups in total. The monoisotopic (exact) mass is 694 g/mol. The standard InChI is InChI=1S/C38H27IN6/c39-45-37(26-10-2-1-3-11-26)41-36(25-20-22-40-23-21-25)42-38(45)44-34-17-9-6-14-30(34)31-24-27(18-19-35(31)44)43-32-15-7-4-12-28(32)29-13-5-8-16-33(29)43/h1-24,37-38H,(H,41,42). The van der Waals surface area contributed by atoms with Gasteiger partial charge in [-0.3, -0.25) is 4.98 Å². The molecule has 4 heterocycles. The van der Waals surface area contributed by atoms with E-state index in [9.17, 15) is 0 Å². The Balaban J connectivity index is 1.28. The third-order valence-electron chi connectivity index (χ3n) is 8.82. The lowest BCUT2D eigenvalue weighted by molar-refractivity contribution is 0.223. The van der Waals surface area contributed by atoms with Gasteiger partial charge in [0.25, 0.3) is 0 Å². The Labute approximate surface area is 273 Å². The molecule has 2 atom stereocenters. The Morgan fingerprint density at radius 3 is 1.84 bits per heavy atom. The molecule has 0 aliphatic carbocycles. The van der Waals surface area contributed by atoms with Crippen molar-refractivity contribution in [3.05, 3.63) is 157 Å². The molecule has 0 amide bonds. The third kappa shape index (κ3) is 4.18. The van der Waals surface area contributed by atoms with Crippen molar-refractivity contribution < 1.29 is 0 Å². The summed E-state index contributed by atoms with van der Waals surface area (Å²) in [6, 6.07) is 47.5. The van der Waals surface area contributed by atoms with Crippen LogP contribution in [-0.4, -0.2) is 23.1 Å². The van der Waals surface area contributed by atoms with E-state index in [1.807, 2.05) is 24.5 Å². The highest BCUT2D eigenvalue weighted by Crippen LogP contribution is 2.41. The van der Waals surface area contributed by atoms with Crippen LogP contribution >= 0.6 is 22.9 Å². The highest BCUT2D eigenvalue weighted by molar-refractivity contribution is 14.1. The molecule has 0 bridgehead atoms. The minimum absolute atomic E-state index is 0.0921. The smallest absolute Gasteiger partial charge is 0.195 e. The van der Waals surface area contributed by atoms with Gasteiger partial charge in [0.15, 0.2) is 6.29 Å². The van der Waals surface area contributed by atoms with Crippen molar-refractivity contribution in [3.8, 4) is 5.69 Å². The van der Waals surface area contributed by atoms with Crippen molar-refractivity contribution in [3.63, 3.8) is 0 Å². The lowest BCUT2D eigenvalue weighted by Gasteiger charge is -2.38. The molecule has 5 aromatic carbocycles. The van der Waals surface area contributed by atoms with E-state index in [1.165, 1.54) is 38.1 Å². The number of fused-ring (bicyclic) bond motifs is 6. The van der Waals surface area contributed by atoms with E-state index >= 15 is 0 Å². The fourth-order valence-corrected chi connectivity index (χ4v) is 7.64. The van der Waals surface area contributed by atoms with Crippen LogP contribution in [0.1, 0.15) is 23.6 Å². The predicted octanol–water partition coefficient (Wildman–Crippen LogP) is 9.14. The fourth-order valence-electron chi connectivity index (χ4n) is 6.81. The van der Waals surface area contributed by atoms with Gasteiger partial charge in [0.05, 0.1) is 22.1 Å². The zero-order valence-electron chi connectivity index (χ0n) is 24.1. The summed E-state index contributed by atoms with van der Waals surface area (Å²) in [5, 5.41) is 8.63. The number of halogens is 1. The van der Waals surface area contributed by atoms with Crippen LogP contribution in [0.2, 0.25) is 0 Å². The molecule has 0 saturated heterocycles. The molecule has 7 heteroatoms. The summed E-state index contributed by atoms with van der Waals surface area (Å²) in [6.45, 7) is 0. The van der Waals surface area contributed by atoms with Gasteiger partial charge in [0.1, 0.15) is 12.0 Å². The first kappa shape index (κ1) is 26.4. The summed E-state index contributed by atoms with van der Waals surface area (Å²) in [5.74, 6) is 0.844. The maximum atomic E-state index is 5.36. The van der Waals surface area contributed by atoms with Crippen LogP contribution in [-0.2, 0) is 0 Å². The van der Waals surface area contributed by atoms with Crippen molar-refractivity contribution in [2.45, 2.75) is 12.5 Å². The molecule has 45 heavy (non-hydrogen) atoms. The minimum Gasteiger partial charge on any atom is -0.350 e. The maximum Gasteiger partial charge on any atom is 0.195 e. The normalized spacial score (nSPS) is 17.2. The van der Waals surface area contributed by atoms with E-state index in [1.54, 1.807) is 0 Å². The van der Waals surface area contributed by atoms with E-state index in [2.05, 4.69) is 167 Å². The number of hydrogen-bond acceptors (Lipinski definition) is 4. The number of pyridine rings is 1. The van der Waals surface area contributed by atoms with Gasteiger partial charge in [-0.15, -0.1) is 0 Å². The second-order valence-electron chi connectivity index (χ2n) is 11.3. The number of aliphatic imine (C=N–C) groups is 1. The molecule has 2 unspecified atom stereocenters. The van der Waals surface area contributed by atoms with E-state index in [-0.39, 0.29) is 12.5 Å². The zero-order chi connectivity index (χ0) is 29.9. The van der Waals surface area contributed by atoms with Crippen LogP contribution in [0.15, 0.2) is 151 Å². The Bertz CT molecular complexity index is 2340. The van der Waals surface area contributed by atoms with Crippen molar-refractivity contribution >= 4 is 72.3 Å². The molecule has 9 rings (SSSR count). The summed E-state index contributed by atoms with van der Waals surface area (Å²) in [4.78, 5) is 9.61. The number of hydrogen-bond donors (Lipinski definition) is 1. The van der Waals surface area contributed by atoms with Gasteiger partial charge in [0.2, 0.25) is 0 Å². The van der Waals surface area contributed by atoms with E-state index < -0.39 is 0 Å². The molecule has 1 aliphatic heterocycles. The number of benzene rings is 5. The number of aromatic nitrogens is 3. The lowest BCUT2D eigenvalue weighted by atomic mass is 10.1. The second-order valence-corrected chi connectivity index (χ2v) is 12.4. The Kier molecular flexibility index (Phi) is 6.21. The summed E-state index contributed by atoms with van der Waals surface area (Å²) in [7, 11) is 0. The second kappa shape index (κ2) is 10.6. The van der Waals surface area contributed by atoms with Crippen molar-refractivity contribution in [1.29, 1.82) is 0 Å². The minimum atomic E-state index is -0.304. The van der Waals surface area contributed by atoms with Crippen LogP contribution in [0.4, 0.5) is 0 Å². The Hall–Kier alpha value is -4.99. The largest absolute Gasteiger partial charge is 0.350 e. The fraction of sp³-hybridized carbons (Fsp3) is 0.0526. The van der Waals surface area contributed by atoms with Crippen molar-refractivity contribution in [2.24, 2.45) is 4.99 Å². The first-order chi connectivity index (χ1) is 22.3. The molecule has 1 aliphatic rings. The van der Waals surface area contributed by atoms with Crippen molar-refractivity contribution in [2.75, 3.05) is 0 Å². The highest BCUT2D eigenvalue weighted by atomic mass is 127. The van der Waals surface area contributed by atoms with E-state index in [0.29, 0.717) is 0 Å². The topological polar surface area (TPSA) is 50.4 Å². The highest BCUT2D eigenvalue weighted by Gasteiger charge is 2.34. The van der Waals surface area contributed by atoms with Crippen LogP contribution in [0, 0.1) is 0 Å². The molecule has 216 valence electrons. The molecule has 0 radical (unpaired) electrons. The van der Waals surface area contributed by atoms with Gasteiger partial charge in [-0.05, 0) is 54.1 Å². The van der Waals surface area contributed by atoms with Gasteiger partial charge in [-0.2, -0.15) is 3.11 Å². The number of nitrogens with zero attached hydrogens (tertiary/aromatic N) is 5. The molecule has 0 fully saturated rings.